The zero-order valence-corrected chi connectivity index (χ0v) is 20.9. The number of benzene rings is 1. The van der Waals surface area contributed by atoms with Crippen LogP contribution in [0.25, 0.3) is 11.1 Å². The average Bonchev–Trinajstić information content (AvgIpc) is 3.24. The van der Waals surface area contributed by atoms with Crippen LogP contribution in [-0.2, 0) is 27.2 Å². The fraction of sp³-hybridized carbons (Fsp3) is 0.360. The molecule has 2 aromatic heterocycles. The molecule has 0 spiro atoms. The monoisotopic (exact) mass is 536 g/mol. The Labute approximate surface area is 211 Å². The number of aryl methyl sites for hydroxylation is 2. The predicted octanol–water partition coefficient (Wildman–Crippen LogP) is 4.40. The molecule has 0 radical (unpaired) electrons. The van der Waals surface area contributed by atoms with E-state index in [1.54, 1.807) is 19.1 Å². The molecule has 0 amide bonds. The number of carbonyl (C=O) groups excluding carboxylic acids is 1. The van der Waals surface area contributed by atoms with Crippen molar-refractivity contribution in [2.75, 3.05) is 6.54 Å². The summed E-state index contributed by atoms with van der Waals surface area (Å²) in [6.07, 6.45) is 0.676. The van der Waals surface area contributed by atoms with Crippen LogP contribution in [0.5, 0.6) is 0 Å². The third-order valence-corrected chi connectivity index (χ3v) is 7.94. The van der Waals surface area contributed by atoms with Crippen LogP contribution in [0.3, 0.4) is 0 Å². The summed E-state index contributed by atoms with van der Waals surface area (Å²) in [5.41, 5.74) is 2.15. The number of hydrogen-bond acceptors (Lipinski definition) is 6. The Balaban J connectivity index is 1.51. The van der Waals surface area contributed by atoms with Crippen LogP contribution in [-0.4, -0.2) is 52.2 Å². The Hall–Kier alpha value is -3.25. The minimum atomic E-state index is -4.21. The molecule has 2 atom stereocenters. The molecule has 1 saturated heterocycles. The van der Waals surface area contributed by atoms with Crippen molar-refractivity contribution in [3.05, 3.63) is 71.8 Å². The van der Waals surface area contributed by atoms with Crippen molar-refractivity contribution < 1.29 is 30.8 Å². The second kappa shape index (κ2) is 10.3. The first-order valence-corrected chi connectivity index (χ1v) is 12.9. The molecule has 1 aromatic carbocycles. The number of rotatable bonds is 8. The van der Waals surface area contributed by atoms with Crippen molar-refractivity contribution in [2.24, 2.45) is 0 Å². The van der Waals surface area contributed by atoms with Gasteiger partial charge >= 0.3 is 5.92 Å². The molecule has 0 aliphatic carbocycles. The summed E-state index contributed by atoms with van der Waals surface area (Å²) in [6, 6.07) is 5.99. The molecule has 196 valence electrons. The minimum Gasteiger partial charge on any atom is -0.298 e. The van der Waals surface area contributed by atoms with Crippen LogP contribution in [0.4, 0.5) is 17.6 Å². The molecule has 1 aliphatic rings. The Morgan fingerprint density at radius 3 is 2.38 bits per heavy atom. The van der Waals surface area contributed by atoms with E-state index in [4.69, 9.17) is 0 Å². The van der Waals surface area contributed by atoms with Gasteiger partial charge < -0.3 is 0 Å². The number of nitrogens with zero attached hydrogens (tertiary/aromatic N) is 4. The average molecular weight is 537 g/mol. The Morgan fingerprint density at radius 1 is 1.11 bits per heavy atom. The van der Waals surface area contributed by atoms with Gasteiger partial charge in [-0.2, -0.15) is 13.1 Å². The maximum absolute atomic E-state index is 14.7. The lowest BCUT2D eigenvalue weighted by molar-refractivity contribution is -0.123. The van der Waals surface area contributed by atoms with Gasteiger partial charge in [0.2, 0.25) is 10.0 Å². The summed E-state index contributed by atoms with van der Waals surface area (Å²) in [5.74, 6) is -5.00. The first kappa shape index (κ1) is 26.8. The number of hydrogen-bond donors (Lipinski definition) is 0. The summed E-state index contributed by atoms with van der Waals surface area (Å²) in [5, 5.41) is 0. The number of halogens is 4. The minimum absolute atomic E-state index is 0.104. The number of aromatic nitrogens is 3. The van der Waals surface area contributed by atoms with Gasteiger partial charge in [0.25, 0.3) is 0 Å². The standard InChI is InChI=1S/C25H24F4N4O3S/c1-15-11-16(17-13-30-24(31-14-17)25(2,28)29)12-19(32-15)5-8-22(34)23-21(27)9-10-33(23)37(35,36)20-6-3-18(26)4-7-20/h3-4,6-7,11-14,21,23H,5,8-10H2,1-2H3/t21-,23-/m0/s1. The number of alkyl halides is 3. The molecule has 7 nitrogen and oxygen atoms in total. The topological polar surface area (TPSA) is 93.1 Å². The number of carbonyl (C=O) groups is 1. The fourth-order valence-corrected chi connectivity index (χ4v) is 5.88. The predicted molar refractivity (Wildman–Crippen MR) is 126 cm³/mol. The molecule has 4 rings (SSSR count). The highest BCUT2D eigenvalue weighted by molar-refractivity contribution is 7.89. The van der Waals surface area contributed by atoms with E-state index in [0.717, 1.165) is 28.6 Å². The Bertz CT molecular complexity index is 1390. The largest absolute Gasteiger partial charge is 0.303 e. The fourth-order valence-electron chi connectivity index (χ4n) is 4.24. The van der Waals surface area contributed by atoms with E-state index < -0.39 is 45.6 Å². The quantitative estimate of drug-likeness (QED) is 0.396. The molecule has 3 aromatic rings. The van der Waals surface area contributed by atoms with Crippen LogP contribution >= 0.6 is 0 Å². The van der Waals surface area contributed by atoms with Gasteiger partial charge in [-0.3, -0.25) is 9.78 Å². The maximum Gasteiger partial charge on any atom is 0.303 e. The van der Waals surface area contributed by atoms with E-state index in [2.05, 4.69) is 15.0 Å². The van der Waals surface area contributed by atoms with Gasteiger partial charge in [0.05, 0.1) is 4.90 Å². The molecule has 0 saturated carbocycles. The third-order valence-electron chi connectivity index (χ3n) is 6.04. The SMILES string of the molecule is Cc1cc(-c2cnc(C(C)(F)F)nc2)cc(CCC(=O)[C@@H]2[C@@H](F)CCN2S(=O)(=O)c2ccc(F)cc2)n1. The maximum atomic E-state index is 14.7. The molecular formula is C25H24F4N4O3S. The third kappa shape index (κ3) is 5.85. The van der Waals surface area contributed by atoms with Gasteiger partial charge in [-0.25, -0.2) is 27.2 Å². The molecule has 0 unspecified atom stereocenters. The molecule has 1 aliphatic heterocycles. The lowest BCUT2D eigenvalue weighted by Crippen LogP contribution is -2.44. The number of ketones is 1. The van der Waals surface area contributed by atoms with Gasteiger partial charge in [-0.15, -0.1) is 0 Å². The molecule has 3 heterocycles. The number of pyridine rings is 1. The van der Waals surface area contributed by atoms with Gasteiger partial charge in [-0.05, 0) is 61.7 Å². The molecule has 0 N–H and O–H groups in total. The van der Waals surface area contributed by atoms with Gasteiger partial charge in [0.1, 0.15) is 18.0 Å². The zero-order chi connectivity index (χ0) is 27.0. The van der Waals surface area contributed by atoms with Crippen molar-refractivity contribution in [3.63, 3.8) is 0 Å². The molecule has 37 heavy (non-hydrogen) atoms. The van der Waals surface area contributed by atoms with E-state index in [0.29, 0.717) is 29.4 Å². The van der Waals surface area contributed by atoms with Crippen LogP contribution in [0.1, 0.15) is 37.0 Å². The summed E-state index contributed by atoms with van der Waals surface area (Å²) >= 11 is 0. The number of Topliss-reactive ketones (excluding diaryl/α,β-unsaturated/α-hetero) is 1. The second-order valence-corrected chi connectivity index (χ2v) is 10.8. The highest BCUT2D eigenvalue weighted by Gasteiger charge is 2.45. The second-order valence-electron chi connectivity index (χ2n) is 8.96. The first-order valence-electron chi connectivity index (χ1n) is 11.5. The van der Waals surface area contributed by atoms with Crippen molar-refractivity contribution in [2.45, 2.75) is 56.1 Å². The normalized spacial score (nSPS) is 18.8. The zero-order valence-electron chi connectivity index (χ0n) is 20.0. The highest BCUT2D eigenvalue weighted by Crippen LogP contribution is 2.30. The molecule has 0 bridgehead atoms. The Kier molecular flexibility index (Phi) is 7.43. The number of sulfonamides is 1. The summed E-state index contributed by atoms with van der Waals surface area (Å²) in [4.78, 5) is 24.6. The smallest absolute Gasteiger partial charge is 0.298 e. The summed E-state index contributed by atoms with van der Waals surface area (Å²) in [7, 11) is -4.21. The van der Waals surface area contributed by atoms with Crippen molar-refractivity contribution >= 4 is 15.8 Å². The van der Waals surface area contributed by atoms with Crippen molar-refractivity contribution in [3.8, 4) is 11.1 Å². The van der Waals surface area contributed by atoms with Crippen LogP contribution in [0.2, 0.25) is 0 Å². The van der Waals surface area contributed by atoms with E-state index in [1.807, 2.05) is 0 Å². The lowest BCUT2D eigenvalue weighted by Gasteiger charge is -2.24. The van der Waals surface area contributed by atoms with Crippen LogP contribution < -0.4 is 0 Å². The van der Waals surface area contributed by atoms with Crippen molar-refractivity contribution in [1.29, 1.82) is 0 Å². The Morgan fingerprint density at radius 2 is 1.76 bits per heavy atom. The summed E-state index contributed by atoms with van der Waals surface area (Å²) < 4.78 is 81.7. The van der Waals surface area contributed by atoms with Gasteiger partial charge in [0.15, 0.2) is 11.6 Å². The van der Waals surface area contributed by atoms with Gasteiger partial charge in [0, 0.05) is 49.2 Å². The van der Waals surface area contributed by atoms with Gasteiger partial charge in [-0.1, -0.05) is 0 Å². The molecular weight excluding hydrogens is 512 g/mol. The lowest BCUT2D eigenvalue weighted by atomic mass is 10.0. The summed E-state index contributed by atoms with van der Waals surface area (Å²) in [6.45, 7) is 2.25. The van der Waals surface area contributed by atoms with E-state index in [9.17, 15) is 30.8 Å². The van der Waals surface area contributed by atoms with E-state index >= 15 is 0 Å². The van der Waals surface area contributed by atoms with Crippen LogP contribution in [0.15, 0.2) is 53.7 Å². The van der Waals surface area contributed by atoms with Crippen molar-refractivity contribution in [1.82, 2.24) is 19.3 Å². The molecule has 12 heteroatoms. The van der Waals surface area contributed by atoms with E-state index in [-0.39, 0.29) is 30.7 Å². The van der Waals surface area contributed by atoms with Crippen LogP contribution in [0, 0.1) is 12.7 Å². The molecule has 1 fully saturated rings. The highest BCUT2D eigenvalue weighted by atomic mass is 32.2. The van der Waals surface area contributed by atoms with E-state index in [1.165, 1.54) is 12.4 Å². The first-order chi connectivity index (χ1) is 17.4.